The van der Waals surface area contributed by atoms with E-state index in [-0.39, 0.29) is 0 Å². The number of hydrogen-bond acceptors (Lipinski definition) is 3. The van der Waals surface area contributed by atoms with E-state index in [0.717, 1.165) is 6.08 Å². The van der Waals surface area contributed by atoms with Gasteiger partial charge in [0.15, 0.2) is 0 Å². The summed E-state index contributed by atoms with van der Waals surface area (Å²) in [6, 6.07) is 6.58. The zero-order valence-electron chi connectivity index (χ0n) is 10.7. The second-order valence-electron chi connectivity index (χ2n) is 3.97. The maximum atomic E-state index is 12.5. The molecular weight excluding hydrogens is 267 g/mol. The van der Waals surface area contributed by atoms with Crippen molar-refractivity contribution in [2.24, 2.45) is 4.99 Å². The van der Waals surface area contributed by atoms with E-state index in [2.05, 4.69) is 11.7 Å². The highest BCUT2D eigenvalue weighted by Gasteiger charge is 2.32. The van der Waals surface area contributed by atoms with Crippen molar-refractivity contribution >= 4 is 18.0 Å². The lowest BCUT2D eigenvalue weighted by Gasteiger charge is -2.06. The zero-order chi connectivity index (χ0) is 15.3. The summed E-state index contributed by atoms with van der Waals surface area (Å²) in [6.45, 7) is 4.48. The van der Waals surface area contributed by atoms with Crippen molar-refractivity contribution in [2.75, 3.05) is 5.73 Å². The Morgan fingerprint density at radius 2 is 2.05 bits per heavy atom. The third-order valence-corrected chi connectivity index (χ3v) is 2.54. The van der Waals surface area contributed by atoms with Gasteiger partial charge in [-0.2, -0.15) is 18.4 Å². The maximum absolute atomic E-state index is 12.5. The summed E-state index contributed by atoms with van der Waals surface area (Å²) in [5.74, 6) is 0. The number of halogens is 3. The van der Waals surface area contributed by atoms with Crippen LogP contribution in [0.5, 0.6) is 0 Å². The topological polar surface area (TPSA) is 62.2 Å². The van der Waals surface area contributed by atoms with Crippen molar-refractivity contribution in [2.45, 2.75) is 13.1 Å². The predicted octanol–water partition coefficient (Wildman–Crippen LogP) is 3.69. The molecule has 0 aliphatic carbocycles. The molecule has 1 aromatic rings. The van der Waals surface area contributed by atoms with Crippen molar-refractivity contribution < 1.29 is 13.2 Å². The monoisotopic (exact) mass is 279 g/mol. The number of alkyl halides is 3. The van der Waals surface area contributed by atoms with E-state index in [4.69, 9.17) is 11.0 Å². The Kier molecular flexibility index (Phi) is 4.70. The number of allylic oxidation sites excluding steroid dienone is 4. The van der Waals surface area contributed by atoms with Crippen LogP contribution < -0.4 is 5.73 Å². The van der Waals surface area contributed by atoms with Crippen molar-refractivity contribution in [3.05, 3.63) is 47.2 Å². The van der Waals surface area contributed by atoms with E-state index in [1.807, 2.05) is 6.07 Å². The van der Waals surface area contributed by atoms with Gasteiger partial charge in [-0.05, 0) is 43.0 Å². The highest BCUT2D eigenvalue weighted by molar-refractivity contribution is 5.72. The summed E-state index contributed by atoms with van der Waals surface area (Å²) in [7, 11) is 0. The number of rotatable bonds is 3. The number of nitrogens with two attached hydrogens (primary N) is 1. The van der Waals surface area contributed by atoms with Crippen molar-refractivity contribution in [1.82, 2.24) is 0 Å². The normalized spacial score (nSPS) is 12.9. The molecule has 0 aliphatic rings. The predicted molar refractivity (Wildman–Crippen MR) is 72.9 cm³/mol. The number of nitrogen functional groups attached to an aromatic ring is 1. The van der Waals surface area contributed by atoms with Gasteiger partial charge in [0.05, 0.1) is 11.6 Å². The number of hydrogen-bond donors (Lipinski definition) is 1. The minimum atomic E-state index is -4.56. The van der Waals surface area contributed by atoms with Gasteiger partial charge in [-0.3, -0.25) is 4.99 Å². The molecule has 2 N–H and O–H groups in total. The first-order valence-corrected chi connectivity index (χ1v) is 5.52. The molecule has 0 aliphatic heterocycles. The second kappa shape index (κ2) is 6.06. The molecule has 6 heteroatoms. The van der Waals surface area contributed by atoms with E-state index in [0.29, 0.717) is 22.4 Å². The van der Waals surface area contributed by atoms with Crippen LogP contribution >= 0.6 is 0 Å². The summed E-state index contributed by atoms with van der Waals surface area (Å²) in [5.41, 5.74) is 6.18. The van der Waals surface area contributed by atoms with Crippen LogP contribution in [-0.4, -0.2) is 12.9 Å². The van der Waals surface area contributed by atoms with Crippen LogP contribution in [0, 0.1) is 11.3 Å². The molecule has 0 atom stereocenters. The third-order valence-electron chi connectivity index (χ3n) is 2.54. The molecule has 0 saturated carbocycles. The van der Waals surface area contributed by atoms with Gasteiger partial charge in [0, 0.05) is 5.69 Å². The van der Waals surface area contributed by atoms with Gasteiger partial charge in [0.2, 0.25) is 0 Å². The number of nitrogens with zero attached hydrogens (tertiary/aromatic N) is 2. The van der Waals surface area contributed by atoms with Gasteiger partial charge in [0.25, 0.3) is 0 Å². The number of aliphatic imine (C=N–C) groups is 1. The van der Waals surface area contributed by atoms with Crippen LogP contribution in [0.15, 0.2) is 41.0 Å². The van der Waals surface area contributed by atoms with Crippen molar-refractivity contribution in [3.63, 3.8) is 0 Å². The smallest absolute Gasteiger partial charge is 0.399 e. The van der Waals surface area contributed by atoms with Gasteiger partial charge in [0.1, 0.15) is 5.70 Å². The zero-order valence-corrected chi connectivity index (χ0v) is 10.7. The standard InChI is InChI=1S/C14H12F3N3/c1-9(3-6-13(20-2)14(15,16)17)12-5-4-11(19)7-10(12)8-18/h3-7H,2,19H2,1H3/b9-3+,13-6-. The maximum Gasteiger partial charge on any atom is 0.433 e. The Morgan fingerprint density at radius 1 is 1.40 bits per heavy atom. The van der Waals surface area contributed by atoms with E-state index in [9.17, 15) is 13.2 Å². The second-order valence-corrected chi connectivity index (χ2v) is 3.97. The molecule has 3 nitrogen and oxygen atoms in total. The molecule has 104 valence electrons. The van der Waals surface area contributed by atoms with Gasteiger partial charge in [-0.1, -0.05) is 12.1 Å². The van der Waals surface area contributed by atoms with E-state index < -0.39 is 11.9 Å². The lowest BCUT2D eigenvalue weighted by Crippen LogP contribution is -2.09. The average Bonchev–Trinajstić information content (AvgIpc) is 2.37. The average molecular weight is 279 g/mol. The van der Waals surface area contributed by atoms with Gasteiger partial charge in [-0.25, -0.2) is 0 Å². The summed E-state index contributed by atoms with van der Waals surface area (Å²) in [4.78, 5) is 2.94. The fourth-order valence-corrected chi connectivity index (χ4v) is 1.53. The molecule has 20 heavy (non-hydrogen) atoms. The van der Waals surface area contributed by atoms with Crippen LogP contribution in [0.3, 0.4) is 0 Å². The van der Waals surface area contributed by atoms with Crippen LogP contribution in [0.1, 0.15) is 18.1 Å². The first-order chi connectivity index (χ1) is 9.29. The summed E-state index contributed by atoms with van der Waals surface area (Å²) in [5, 5.41) is 8.99. The van der Waals surface area contributed by atoms with Crippen molar-refractivity contribution in [3.8, 4) is 6.07 Å². The first-order valence-electron chi connectivity index (χ1n) is 5.52. The summed E-state index contributed by atoms with van der Waals surface area (Å²) in [6.07, 6.45) is -2.50. The SMILES string of the molecule is C=N/C(=C\C=C(/C)c1ccc(N)cc1C#N)C(F)(F)F. The number of nitriles is 1. The molecule has 0 amide bonds. The summed E-state index contributed by atoms with van der Waals surface area (Å²) >= 11 is 0. The van der Waals surface area contributed by atoms with Gasteiger partial charge >= 0.3 is 6.18 Å². The Balaban J connectivity index is 3.22. The van der Waals surface area contributed by atoms with Gasteiger partial charge in [-0.15, -0.1) is 0 Å². The third kappa shape index (κ3) is 3.72. The van der Waals surface area contributed by atoms with Crippen LogP contribution in [0.4, 0.5) is 18.9 Å². The molecule has 0 bridgehead atoms. The molecule has 0 radical (unpaired) electrons. The fraction of sp³-hybridized carbons (Fsp3) is 0.143. The Hall–Kier alpha value is -2.55. The van der Waals surface area contributed by atoms with Crippen LogP contribution in [0.25, 0.3) is 5.57 Å². The number of anilines is 1. The van der Waals surface area contributed by atoms with E-state index in [1.54, 1.807) is 19.1 Å². The van der Waals surface area contributed by atoms with E-state index >= 15 is 0 Å². The quantitative estimate of drug-likeness (QED) is 0.521. The fourth-order valence-electron chi connectivity index (χ4n) is 1.53. The minimum Gasteiger partial charge on any atom is -0.399 e. The Bertz CT molecular complexity index is 620. The first kappa shape index (κ1) is 15.5. The lowest BCUT2D eigenvalue weighted by atomic mass is 10.0. The number of benzene rings is 1. The van der Waals surface area contributed by atoms with Crippen LogP contribution in [0.2, 0.25) is 0 Å². The molecule has 1 rings (SSSR count). The molecule has 0 saturated heterocycles. The van der Waals surface area contributed by atoms with Gasteiger partial charge < -0.3 is 5.73 Å². The largest absolute Gasteiger partial charge is 0.433 e. The Morgan fingerprint density at radius 3 is 2.55 bits per heavy atom. The molecule has 0 aromatic heterocycles. The summed E-state index contributed by atoms with van der Waals surface area (Å²) < 4.78 is 37.4. The highest BCUT2D eigenvalue weighted by atomic mass is 19.4. The molecule has 1 aromatic carbocycles. The highest BCUT2D eigenvalue weighted by Crippen LogP contribution is 2.27. The molecule has 0 fully saturated rings. The minimum absolute atomic E-state index is 0.298. The van der Waals surface area contributed by atoms with Crippen molar-refractivity contribution in [1.29, 1.82) is 5.26 Å². The van der Waals surface area contributed by atoms with Crippen LogP contribution in [-0.2, 0) is 0 Å². The molecular formula is C14H12F3N3. The Labute approximate surface area is 114 Å². The van der Waals surface area contributed by atoms with E-state index in [1.165, 1.54) is 12.1 Å². The molecule has 0 unspecified atom stereocenters. The lowest BCUT2D eigenvalue weighted by molar-refractivity contribution is -0.0921. The molecule has 0 spiro atoms. The molecule has 0 heterocycles.